The minimum atomic E-state index is -0.454. The van der Waals surface area contributed by atoms with Gasteiger partial charge < -0.3 is 20.3 Å². The van der Waals surface area contributed by atoms with Crippen LogP contribution in [0.25, 0.3) is 11.0 Å². The molecular formula is C27H29FN8O. The lowest BCUT2D eigenvalue weighted by atomic mass is 10.1. The lowest BCUT2D eigenvalue weighted by Crippen LogP contribution is -2.24. The SMILES string of the molecule is CNc1ccc(Oc2ccc(Nc3ncnc4ccc(N5CCCCCC5)nc34)c(F)c2C)cc1N=N. The molecule has 1 aliphatic rings. The Bertz CT molecular complexity index is 1440. The number of hydrogen-bond donors (Lipinski definition) is 3. The molecule has 0 unspecified atom stereocenters. The zero-order valence-electron chi connectivity index (χ0n) is 20.9. The topological polar surface area (TPSA) is 111 Å². The van der Waals surface area contributed by atoms with E-state index in [1.54, 1.807) is 44.3 Å². The quantitative estimate of drug-likeness (QED) is 0.232. The molecule has 0 spiro atoms. The van der Waals surface area contributed by atoms with Crippen LogP contribution in [-0.2, 0) is 0 Å². The van der Waals surface area contributed by atoms with E-state index in [9.17, 15) is 0 Å². The fraction of sp³-hybridized carbons (Fsp3) is 0.296. The van der Waals surface area contributed by atoms with Crippen LogP contribution in [0.1, 0.15) is 31.2 Å². The third-order valence-corrected chi connectivity index (χ3v) is 6.57. The van der Waals surface area contributed by atoms with E-state index in [0.29, 0.717) is 45.3 Å². The summed E-state index contributed by atoms with van der Waals surface area (Å²) in [5.74, 6) is 1.70. The Hall–Kier alpha value is -4.34. The van der Waals surface area contributed by atoms with Crippen LogP contribution in [0.15, 0.2) is 53.9 Å². The molecule has 190 valence electrons. The predicted octanol–water partition coefficient (Wildman–Crippen LogP) is 7.09. The van der Waals surface area contributed by atoms with Crippen molar-refractivity contribution in [1.82, 2.24) is 15.0 Å². The fourth-order valence-electron chi connectivity index (χ4n) is 4.51. The van der Waals surface area contributed by atoms with Gasteiger partial charge in [0.15, 0.2) is 11.6 Å². The molecule has 3 N–H and O–H groups in total. The average molecular weight is 501 g/mol. The number of rotatable bonds is 7. The molecule has 0 radical (unpaired) electrons. The molecule has 37 heavy (non-hydrogen) atoms. The molecule has 3 heterocycles. The smallest absolute Gasteiger partial charge is 0.160 e. The Morgan fingerprint density at radius 2 is 1.78 bits per heavy atom. The normalized spacial score (nSPS) is 13.8. The summed E-state index contributed by atoms with van der Waals surface area (Å²) in [5.41, 5.74) is 10.4. The fourth-order valence-corrected chi connectivity index (χ4v) is 4.51. The summed E-state index contributed by atoms with van der Waals surface area (Å²) in [6.45, 7) is 3.60. The molecule has 1 fully saturated rings. The molecule has 2 aromatic heterocycles. The number of ether oxygens (including phenoxy) is 1. The third kappa shape index (κ3) is 5.13. The van der Waals surface area contributed by atoms with Crippen molar-refractivity contribution in [2.45, 2.75) is 32.6 Å². The molecular weight excluding hydrogens is 471 g/mol. The van der Waals surface area contributed by atoms with Gasteiger partial charge in [0.25, 0.3) is 0 Å². The monoisotopic (exact) mass is 500 g/mol. The number of nitrogens with one attached hydrogen (secondary N) is 3. The van der Waals surface area contributed by atoms with Crippen molar-refractivity contribution in [3.8, 4) is 11.5 Å². The van der Waals surface area contributed by atoms with E-state index in [-0.39, 0.29) is 5.69 Å². The first-order chi connectivity index (χ1) is 18.1. The maximum absolute atomic E-state index is 15.5. The van der Waals surface area contributed by atoms with Gasteiger partial charge in [0.2, 0.25) is 0 Å². The molecule has 0 bridgehead atoms. The number of benzene rings is 2. The molecule has 0 saturated carbocycles. The van der Waals surface area contributed by atoms with Crippen molar-refractivity contribution in [1.29, 1.82) is 5.53 Å². The molecule has 0 atom stereocenters. The summed E-state index contributed by atoms with van der Waals surface area (Å²) in [7, 11) is 1.75. The van der Waals surface area contributed by atoms with Gasteiger partial charge in [-0.15, -0.1) is 0 Å². The summed E-state index contributed by atoms with van der Waals surface area (Å²) >= 11 is 0. The standard InChI is InChI=1S/C27H29FN8O/c1-17-23(37-18-7-8-19(30-2)22(15-18)35-29)11-9-20(25(17)28)33-27-26-21(31-16-32-27)10-12-24(34-26)36-13-5-3-4-6-14-36/h7-12,15-16,29-30H,3-6,13-14H2,1-2H3,(H,31,32,33). The largest absolute Gasteiger partial charge is 0.457 e. The summed E-state index contributed by atoms with van der Waals surface area (Å²) < 4.78 is 21.4. The highest BCUT2D eigenvalue weighted by molar-refractivity contribution is 5.88. The molecule has 5 rings (SSSR count). The third-order valence-electron chi connectivity index (χ3n) is 6.57. The van der Waals surface area contributed by atoms with Gasteiger partial charge in [-0.1, -0.05) is 12.8 Å². The number of nitrogens with zero attached hydrogens (tertiary/aromatic N) is 5. The average Bonchev–Trinajstić information content (AvgIpc) is 3.22. The minimum Gasteiger partial charge on any atom is -0.457 e. The van der Waals surface area contributed by atoms with Gasteiger partial charge in [0.05, 0.1) is 16.9 Å². The van der Waals surface area contributed by atoms with Gasteiger partial charge in [0, 0.05) is 31.8 Å². The predicted molar refractivity (Wildman–Crippen MR) is 143 cm³/mol. The maximum atomic E-state index is 15.5. The van der Waals surface area contributed by atoms with E-state index in [4.69, 9.17) is 15.3 Å². The summed E-state index contributed by atoms with van der Waals surface area (Å²) in [6.07, 6.45) is 6.21. The molecule has 1 saturated heterocycles. The second-order valence-corrected chi connectivity index (χ2v) is 8.98. The highest BCUT2D eigenvalue weighted by Crippen LogP contribution is 2.36. The number of aromatic nitrogens is 3. The van der Waals surface area contributed by atoms with Gasteiger partial charge >= 0.3 is 0 Å². The second-order valence-electron chi connectivity index (χ2n) is 8.98. The van der Waals surface area contributed by atoms with E-state index >= 15 is 4.39 Å². The lowest BCUT2D eigenvalue weighted by molar-refractivity contribution is 0.472. The zero-order valence-corrected chi connectivity index (χ0v) is 20.9. The minimum absolute atomic E-state index is 0.263. The number of anilines is 4. The van der Waals surface area contributed by atoms with E-state index in [1.807, 2.05) is 12.1 Å². The van der Waals surface area contributed by atoms with Gasteiger partial charge in [-0.25, -0.2) is 24.9 Å². The van der Waals surface area contributed by atoms with Crippen LogP contribution >= 0.6 is 0 Å². The van der Waals surface area contributed by atoms with Crippen LogP contribution in [0, 0.1) is 18.3 Å². The first kappa shape index (κ1) is 24.4. The Labute approximate surface area is 214 Å². The van der Waals surface area contributed by atoms with Crippen molar-refractivity contribution < 1.29 is 9.13 Å². The van der Waals surface area contributed by atoms with Crippen molar-refractivity contribution >= 4 is 39.7 Å². The first-order valence-corrected chi connectivity index (χ1v) is 12.4. The first-order valence-electron chi connectivity index (χ1n) is 12.4. The molecule has 2 aromatic carbocycles. The molecule has 4 aromatic rings. The van der Waals surface area contributed by atoms with Crippen molar-refractivity contribution in [2.75, 3.05) is 35.7 Å². The summed E-state index contributed by atoms with van der Waals surface area (Å²) in [4.78, 5) is 15.9. The molecule has 0 aliphatic carbocycles. The van der Waals surface area contributed by atoms with Crippen molar-refractivity contribution in [3.05, 3.63) is 60.2 Å². The van der Waals surface area contributed by atoms with Crippen LogP contribution in [0.2, 0.25) is 0 Å². The number of fused-ring (bicyclic) bond motifs is 1. The van der Waals surface area contributed by atoms with Crippen LogP contribution in [0.4, 0.5) is 33.1 Å². The van der Waals surface area contributed by atoms with Crippen molar-refractivity contribution in [2.24, 2.45) is 5.11 Å². The van der Waals surface area contributed by atoms with Crippen LogP contribution in [-0.4, -0.2) is 35.1 Å². The summed E-state index contributed by atoms with van der Waals surface area (Å²) in [5, 5.41) is 9.59. The van der Waals surface area contributed by atoms with Crippen molar-refractivity contribution in [3.63, 3.8) is 0 Å². The Morgan fingerprint density at radius 3 is 2.54 bits per heavy atom. The van der Waals surface area contributed by atoms with E-state index in [1.165, 1.54) is 19.2 Å². The van der Waals surface area contributed by atoms with Gasteiger partial charge in [-0.2, -0.15) is 5.11 Å². The Balaban J connectivity index is 1.42. The Kier molecular flexibility index (Phi) is 7.07. The molecule has 0 amide bonds. The van der Waals surface area contributed by atoms with Gasteiger partial charge in [-0.3, -0.25) is 0 Å². The summed E-state index contributed by atoms with van der Waals surface area (Å²) in [6, 6.07) is 12.4. The molecule has 1 aliphatic heterocycles. The number of pyridine rings is 1. The highest BCUT2D eigenvalue weighted by Gasteiger charge is 2.17. The van der Waals surface area contributed by atoms with E-state index < -0.39 is 5.82 Å². The Morgan fingerprint density at radius 1 is 1.00 bits per heavy atom. The van der Waals surface area contributed by atoms with Crippen LogP contribution < -0.4 is 20.3 Å². The van der Waals surface area contributed by atoms with Crippen LogP contribution in [0.5, 0.6) is 11.5 Å². The lowest BCUT2D eigenvalue weighted by Gasteiger charge is -2.22. The second kappa shape index (κ2) is 10.7. The van der Waals surface area contributed by atoms with Crippen LogP contribution in [0.3, 0.4) is 0 Å². The number of halogens is 1. The maximum Gasteiger partial charge on any atom is 0.160 e. The molecule has 10 heteroatoms. The highest BCUT2D eigenvalue weighted by atomic mass is 19.1. The zero-order chi connectivity index (χ0) is 25.8. The van der Waals surface area contributed by atoms with Gasteiger partial charge in [-0.05, 0) is 56.2 Å². The van der Waals surface area contributed by atoms with E-state index in [2.05, 4.69) is 30.6 Å². The van der Waals surface area contributed by atoms with Gasteiger partial charge in [0.1, 0.15) is 34.8 Å². The molecule has 9 nitrogen and oxygen atoms in total. The number of hydrogen-bond acceptors (Lipinski definition) is 9. The van der Waals surface area contributed by atoms with E-state index in [0.717, 1.165) is 31.7 Å².